The minimum atomic E-state index is -3.63. The minimum Gasteiger partial charge on any atom is -0.345 e. The molecule has 1 amide bonds. The zero-order chi connectivity index (χ0) is 20.3. The topological polar surface area (TPSA) is 105 Å². The summed E-state index contributed by atoms with van der Waals surface area (Å²) in [5.74, 6) is 0.225. The first kappa shape index (κ1) is 20.0. The summed E-state index contributed by atoms with van der Waals surface area (Å²) in [6.07, 6.45) is 1.07. The SMILES string of the molecule is Cc1ccc(N(CC(=O)NCc2nc(-c3cccs3)no2)S(C)(=O)=O)c(C)c1. The molecule has 0 bridgehead atoms. The van der Waals surface area contributed by atoms with E-state index in [9.17, 15) is 13.2 Å². The molecule has 0 aliphatic carbocycles. The van der Waals surface area contributed by atoms with Gasteiger partial charge in [-0.15, -0.1) is 11.3 Å². The van der Waals surface area contributed by atoms with Gasteiger partial charge in [0.2, 0.25) is 27.6 Å². The molecule has 3 aromatic rings. The highest BCUT2D eigenvalue weighted by Crippen LogP contribution is 2.23. The number of thiophene rings is 1. The molecule has 3 rings (SSSR count). The van der Waals surface area contributed by atoms with E-state index in [1.54, 1.807) is 6.07 Å². The van der Waals surface area contributed by atoms with Gasteiger partial charge < -0.3 is 9.84 Å². The Bertz CT molecular complexity index is 1070. The molecule has 148 valence electrons. The molecule has 0 aliphatic heterocycles. The minimum absolute atomic E-state index is 0.0156. The fourth-order valence-electron chi connectivity index (χ4n) is 2.66. The second kappa shape index (κ2) is 8.11. The molecule has 0 saturated heterocycles. The average molecular weight is 421 g/mol. The van der Waals surface area contributed by atoms with E-state index in [0.717, 1.165) is 26.6 Å². The number of hydrogen-bond donors (Lipinski definition) is 1. The predicted molar refractivity (Wildman–Crippen MR) is 108 cm³/mol. The van der Waals surface area contributed by atoms with Gasteiger partial charge in [0.25, 0.3) is 0 Å². The molecule has 0 unspecified atom stereocenters. The number of aromatic nitrogens is 2. The lowest BCUT2D eigenvalue weighted by Crippen LogP contribution is -2.40. The number of carbonyl (C=O) groups excluding carboxylic acids is 1. The second-order valence-corrected chi connectivity index (χ2v) is 9.18. The average Bonchev–Trinajstić information content (AvgIpc) is 3.29. The van der Waals surface area contributed by atoms with Crippen molar-refractivity contribution >= 4 is 33.0 Å². The number of rotatable bonds is 7. The van der Waals surface area contributed by atoms with E-state index in [1.807, 2.05) is 43.5 Å². The summed E-state index contributed by atoms with van der Waals surface area (Å²) in [6.45, 7) is 3.41. The third-order valence-electron chi connectivity index (χ3n) is 3.95. The first-order chi connectivity index (χ1) is 13.2. The van der Waals surface area contributed by atoms with Crippen molar-refractivity contribution in [2.45, 2.75) is 20.4 Å². The first-order valence-electron chi connectivity index (χ1n) is 8.42. The molecule has 2 heterocycles. The van der Waals surface area contributed by atoms with E-state index in [-0.39, 0.29) is 19.0 Å². The van der Waals surface area contributed by atoms with Crippen LogP contribution in [0.4, 0.5) is 5.69 Å². The van der Waals surface area contributed by atoms with E-state index in [4.69, 9.17) is 4.52 Å². The van der Waals surface area contributed by atoms with Gasteiger partial charge in [0.15, 0.2) is 0 Å². The molecule has 8 nitrogen and oxygen atoms in total. The lowest BCUT2D eigenvalue weighted by atomic mass is 10.1. The first-order valence-corrected chi connectivity index (χ1v) is 11.1. The lowest BCUT2D eigenvalue weighted by molar-refractivity contribution is -0.119. The zero-order valence-electron chi connectivity index (χ0n) is 15.7. The number of benzene rings is 1. The predicted octanol–water partition coefficient (Wildman–Crippen LogP) is 2.50. The van der Waals surface area contributed by atoms with Crippen LogP contribution in [0.2, 0.25) is 0 Å². The van der Waals surface area contributed by atoms with Crippen molar-refractivity contribution in [2.75, 3.05) is 17.1 Å². The van der Waals surface area contributed by atoms with Gasteiger partial charge >= 0.3 is 0 Å². The van der Waals surface area contributed by atoms with Gasteiger partial charge in [-0.3, -0.25) is 9.10 Å². The second-order valence-electron chi connectivity index (χ2n) is 6.33. The number of nitrogens with zero attached hydrogens (tertiary/aromatic N) is 3. The Labute approximate surface area is 167 Å². The molecule has 2 aromatic heterocycles. The van der Waals surface area contributed by atoms with Crippen molar-refractivity contribution in [3.05, 3.63) is 52.7 Å². The molecular formula is C18H20N4O4S2. The highest BCUT2D eigenvalue weighted by molar-refractivity contribution is 7.92. The van der Waals surface area contributed by atoms with Crippen LogP contribution in [0.25, 0.3) is 10.7 Å². The molecule has 0 atom stereocenters. The zero-order valence-corrected chi connectivity index (χ0v) is 17.3. The highest BCUT2D eigenvalue weighted by Gasteiger charge is 2.22. The molecule has 0 aliphatic rings. The van der Waals surface area contributed by atoms with Crippen LogP contribution in [-0.2, 0) is 21.4 Å². The largest absolute Gasteiger partial charge is 0.345 e. The van der Waals surface area contributed by atoms with Crippen LogP contribution in [0.1, 0.15) is 17.0 Å². The Morgan fingerprint density at radius 1 is 1.29 bits per heavy atom. The van der Waals surface area contributed by atoms with Gasteiger partial charge in [-0.05, 0) is 36.9 Å². The van der Waals surface area contributed by atoms with Crippen LogP contribution in [0.3, 0.4) is 0 Å². The quantitative estimate of drug-likeness (QED) is 0.630. The van der Waals surface area contributed by atoms with Gasteiger partial charge in [0.05, 0.1) is 23.4 Å². The van der Waals surface area contributed by atoms with E-state index in [0.29, 0.717) is 11.5 Å². The van der Waals surface area contributed by atoms with Crippen LogP contribution < -0.4 is 9.62 Å². The van der Waals surface area contributed by atoms with E-state index < -0.39 is 15.9 Å². The van der Waals surface area contributed by atoms with Crippen molar-refractivity contribution in [1.82, 2.24) is 15.5 Å². The molecule has 1 N–H and O–H groups in total. The van der Waals surface area contributed by atoms with Gasteiger partial charge in [-0.25, -0.2) is 8.42 Å². The van der Waals surface area contributed by atoms with E-state index in [2.05, 4.69) is 15.5 Å². The van der Waals surface area contributed by atoms with Crippen LogP contribution in [0.15, 0.2) is 40.2 Å². The van der Waals surface area contributed by atoms with E-state index in [1.165, 1.54) is 11.3 Å². The number of carbonyl (C=O) groups is 1. The molecule has 28 heavy (non-hydrogen) atoms. The Morgan fingerprint density at radius 2 is 2.07 bits per heavy atom. The summed E-state index contributed by atoms with van der Waals surface area (Å²) in [4.78, 5) is 17.4. The Balaban J connectivity index is 1.68. The number of aryl methyl sites for hydroxylation is 2. The third kappa shape index (κ3) is 4.76. The Morgan fingerprint density at radius 3 is 2.71 bits per heavy atom. The molecule has 0 radical (unpaired) electrons. The maximum Gasteiger partial charge on any atom is 0.246 e. The number of anilines is 1. The molecular weight excluding hydrogens is 400 g/mol. The fraction of sp³-hybridized carbons (Fsp3) is 0.278. The summed E-state index contributed by atoms with van der Waals surface area (Å²) in [7, 11) is -3.63. The molecule has 0 spiro atoms. The van der Waals surface area contributed by atoms with Crippen LogP contribution in [0, 0.1) is 13.8 Å². The maximum atomic E-state index is 12.4. The number of sulfonamides is 1. The monoisotopic (exact) mass is 420 g/mol. The summed E-state index contributed by atoms with van der Waals surface area (Å²) < 4.78 is 30.7. The smallest absolute Gasteiger partial charge is 0.246 e. The number of amides is 1. The van der Waals surface area contributed by atoms with Crippen LogP contribution in [0.5, 0.6) is 0 Å². The highest BCUT2D eigenvalue weighted by atomic mass is 32.2. The summed E-state index contributed by atoms with van der Waals surface area (Å²) in [5, 5.41) is 8.40. The van der Waals surface area contributed by atoms with E-state index >= 15 is 0 Å². The lowest BCUT2D eigenvalue weighted by Gasteiger charge is -2.23. The van der Waals surface area contributed by atoms with Gasteiger partial charge in [-0.2, -0.15) is 4.98 Å². The van der Waals surface area contributed by atoms with Crippen molar-refractivity contribution in [1.29, 1.82) is 0 Å². The third-order valence-corrected chi connectivity index (χ3v) is 5.95. The van der Waals surface area contributed by atoms with Crippen molar-refractivity contribution < 1.29 is 17.7 Å². The standard InChI is InChI=1S/C18H20N4O4S2/c1-12-6-7-14(13(2)9-12)22(28(3,24)25)11-16(23)19-10-17-20-18(21-26-17)15-5-4-8-27-15/h4-9H,10-11H2,1-3H3,(H,19,23). The number of nitrogens with one attached hydrogen (secondary N) is 1. The van der Waals surface area contributed by atoms with Crippen LogP contribution in [-0.4, -0.2) is 37.3 Å². The Hall–Kier alpha value is -2.72. The molecule has 10 heteroatoms. The van der Waals surface area contributed by atoms with Crippen molar-refractivity contribution in [2.24, 2.45) is 0 Å². The van der Waals surface area contributed by atoms with Crippen molar-refractivity contribution in [3.8, 4) is 10.7 Å². The van der Waals surface area contributed by atoms with Gasteiger partial charge in [0.1, 0.15) is 6.54 Å². The Kier molecular flexibility index (Phi) is 5.80. The normalized spacial score (nSPS) is 11.4. The maximum absolute atomic E-state index is 12.4. The summed E-state index contributed by atoms with van der Waals surface area (Å²) >= 11 is 1.48. The van der Waals surface area contributed by atoms with Crippen molar-refractivity contribution in [3.63, 3.8) is 0 Å². The number of hydrogen-bond acceptors (Lipinski definition) is 7. The van der Waals surface area contributed by atoms with Gasteiger partial charge in [-0.1, -0.05) is 28.9 Å². The molecule has 0 fully saturated rings. The molecule has 1 aromatic carbocycles. The van der Waals surface area contributed by atoms with Gasteiger partial charge in [0, 0.05) is 0 Å². The summed E-state index contributed by atoms with van der Waals surface area (Å²) in [6, 6.07) is 9.12. The van der Waals surface area contributed by atoms with Crippen LogP contribution >= 0.6 is 11.3 Å². The molecule has 0 saturated carbocycles. The summed E-state index contributed by atoms with van der Waals surface area (Å²) in [5.41, 5.74) is 2.26. The fourth-order valence-corrected chi connectivity index (χ4v) is 4.22.